The number of rotatable bonds is 6. The SMILES string of the molecule is CN1c2nc(-c3ccc(C(F)(F)F)cc3)n(Cc3ccc(Cl)cn3)c2C(=O)N(CCCO)C1O. The van der Waals surface area contributed by atoms with Gasteiger partial charge in [0.05, 0.1) is 22.8 Å². The van der Waals surface area contributed by atoms with Gasteiger partial charge >= 0.3 is 6.18 Å². The molecule has 8 nitrogen and oxygen atoms in total. The molecule has 1 aliphatic rings. The van der Waals surface area contributed by atoms with E-state index in [-0.39, 0.29) is 43.5 Å². The molecule has 0 fully saturated rings. The number of aliphatic hydroxyl groups excluding tert-OH is 2. The summed E-state index contributed by atoms with van der Waals surface area (Å²) in [5.41, 5.74) is 0.241. The monoisotopic (exact) mass is 495 g/mol. The third kappa shape index (κ3) is 4.46. The second-order valence-corrected chi connectivity index (χ2v) is 8.21. The molecule has 1 aliphatic heterocycles. The van der Waals surface area contributed by atoms with Gasteiger partial charge in [0.2, 0.25) is 6.35 Å². The predicted molar refractivity (Wildman–Crippen MR) is 118 cm³/mol. The Labute approximate surface area is 197 Å². The summed E-state index contributed by atoms with van der Waals surface area (Å²) in [6, 6.07) is 7.76. The molecule has 1 unspecified atom stereocenters. The molecular formula is C22H21ClF3N5O3. The molecule has 34 heavy (non-hydrogen) atoms. The Hall–Kier alpha value is -3.15. The number of halogens is 4. The summed E-state index contributed by atoms with van der Waals surface area (Å²) in [7, 11) is 1.55. The van der Waals surface area contributed by atoms with Crippen LogP contribution in [0.3, 0.4) is 0 Å². The first kappa shape index (κ1) is 24.0. The van der Waals surface area contributed by atoms with Crippen LogP contribution >= 0.6 is 11.6 Å². The highest BCUT2D eigenvalue weighted by atomic mass is 35.5. The molecule has 4 rings (SSSR count). The lowest BCUT2D eigenvalue weighted by Crippen LogP contribution is -2.54. The number of benzene rings is 1. The Morgan fingerprint density at radius 1 is 1.15 bits per heavy atom. The Kier molecular flexibility index (Phi) is 6.52. The second-order valence-electron chi connectivity index (χ2n) is 7.77. The van der Waals surface area contributed by atoms with Gasteiger partial charge in [-0.3, -0.25) is 14.7 Å². The quantitative estimate of drug-likeness (QED) is 0.545. The number of aliphatic hydroxyl groups is 2. The fraction of sp³-hybridized carbons (Fsp3) is 0.318. The normalized spacial score (nSPS) is 16.2. The van der Waals surface area contributed by atoms with Crippen molar-refractivity contribution in [2.45, 2.75) is 25.5 Å². The minimum Gasteiger partial charge on any atom is -0.396 e. The second kappa shape index (κ2) is 9.24. The summed E-state index contributed by atoms with van der Waals surface area (Å²) >= 11 is 5.92. The van der Waals surface area contributed by atoms with Gasteiger partial charge in [-0.15, -0.1) is 0 Å². The summed E-state index contributed by atoms with van der Waals surface area (Å²) in [5.74, 6) is -0.0952. The van der Waals surface area contributed by atoms with Crippen molar-refractivity contribution in [1.29, 1.82) is 0 Å². The number of pyridine rings is 1. The van der Waals surface area contributed by atoms with E-state index in [2.05, 4.69) is 9.97 Å². The van der Waals surface area contributed by atoms with Crippen LogP contribution in [-0.4, -0.2) is 62.1 Å². The molecule has 1 atom stereocenters. The van der Waals surface area contributed by atoms with E-state index in [1.165, 1.54) is 28.1 Å². The molecule has 0 saturated carbocycles. The van der Waals surface area contributed by atoms with E-state index in [0.717, 1.165) is 12.1 Å². The van der Waals surface area contributed by atoms with Crippen LogP contribution in [0.1, 0.15) is 28.2 Å². The lowest BCUT2D eigenvalue weighted by atomic mass is 10.1. The van der Waals surface area contributed by atoms with Crippen molar-refractivity contribution in [1.82, 2.24) is 19.4 Å². The van der Waals surface area contributed by atoms with Gasteiger partial charge in [-0.2, -0.15) is 13.2 Å². The number of fused-ring (bicyclic) bond motifs is 1. The highest BCUT2D eigenvalue weighted by Crippen LogP contribution is 2.36. The number of carbonyl (C=O) groups is 1. The summed E-state index contributed by atoms with van der Waals surface area (Å²) < 4.78 is 40.7. The van der Waals surface area contributed by atoms with Gasteiger partial charge in [0, 0.05) is 32.0 Å². The average molecular weight is 496 g/mol. The van der Waals surface area contributed by atoms with Crippen LogP contribution in [0.4, 0.5) is 19.0 Å². The molecule has 3 heterocycles. The zero-order valence-electron chi connectivity index (χ0n) is 18.0. The smallest absolute Gasteiger partial charge is 0.396 e. The Bertz CT molecular complexity index is 1180. The third-order valence-corrected chi connectivity index (χ3v) is 5.73. The maximum atomic E-state index is 13.4. The number of carbonyl (C=O) groups excluding carboxylic acids is 1. The van der Waals surface area contributed by atoms with Crippen LogP contribution < -0.4 is 4.90 Å². The summed E-state index contributed by atoms with van der Waals surface area (Å²) in [4.78, 5) is 24.8. The van der Waals surface area contributed by atoms with Crippen LogP contribution in [0.25, 0.3) is 11.4 Å². The maximum absolute atomic E-state index is 13.4. The molecule has 1 aromatic carbocycles. The molecule has 2 N–H and O–H groups in total. The number of imidazole rings is 1. The zero-order chi connectivity index (χ0) is 24.6. The van der Waals surface area contributed by atoms with E-state index in [0.29, 0.717) is 16.3 Å². The van der Waals surface area contributed by atoms with Crippen molar-refractivity contribution < 1.29 is 28.2 Å². The number of amides is 1. The summed E-state index contributed by atoms with van der Waals surface area (Å²) in [5, 5.41) is 20.3. The van der Waals surface area contributed by atoms with Gasteiger partial charge in [-0.1, -0.05) is 23.7 Å². The fourth-order valence-corrected chi connectivity index (χ4v) is 3.87. The predicted octanol–water partition coefficient (Wildman–Crippen LogP) is 3.22. The van der Waals surface area contributed by atoms with Crippen molar-refractivity contribution in [2.24, 2.45) is 0 Å². The van der Waals surface area contributed by atoms with Crippen LogP contribution in [-0.2, 0) is 12.7 Å². The number of hydrogen-bond donors (Lipinski definition) is 2. The van der Waals surface area contributed by atoms with Crippen LogP contribution in [0.15, 0.2) is 42.6 Å². The van der Waals surface area contributed by atoms with E-state index in [4.69, 9.17) is 11.6 Å². The molecule has 0 bridgehead atoms. The molecule has 0 radical (unpaired) electrons. The van der Waals surface area contributed by atoms with Crippen LogP contribution in [0.5, 0.6) is 0 Å². The lowest BCUT2D eigenvalue weighted by Gasteiger charge is -2.38. The first-order valence-electron chi connectivity index (χ1n) is 10.3. The van der Waals surface area contributed by atoms with Gasteiger partial charge in [-0.05, 0) is 30.7 Å². The van der Waals surface area contributed by atoms with E-state index in [1.807, 2.05) is 0 Å². The highest BCUT2D eigenvalue weighted by Gasteiger charge is 2.40. The molecule has 3 aromatic rings. The van der Waals surface area contributed by atoms with Gasteiger partial charge in [0.25, 0.3) is 5.91 Å². The highest BCUT2D eigenvalue weighted by molar-refractivity contribution is 6.30. The van der Waals surface area contributed by atoms with Crippen molar-refractivity contribution in [3.8, 4) is 11.4 Å². The van der Waals surface area contributed by atoms with E-state index >= 15 is 0 Å². The Morgan fingerprint density at radius 3 is 2.44 bits per heavy atom. The fourth-order valence-electron chi connectivity index (χ4n) is 3.76. The molecular weight excluding hydrogens is 475 g/mol. The van der Waals surface area contributed by atoms with Gasteiger partial charge in [0.1, 0.15) is 5.82 Å². The molecule has 1 amide bonds. The van der Waals surface area contributed by atoms with Crippen molar-refractivity contribution in [3.63, 3.8) is 0 Å². The van der Waals surface area contributed by atoms with Crippen LogP contribution in [0, 0.1) is 0 Å². The first-order chi connectivity index (χ1) is 16.1. The van der Waals surface area contributed by atoms with Crippen molar-refractivity contribution >= 4 is 23.3 Å². The maximum Gasteiger partial charge on any atom is 0.416 e. The van der Waals surface area contributed by atoms with Crippen molar-refractivity contribution in [3.05, 3.63) is 64.6 Å². The van der Waals surface area contributed by atoms with Crippen molar-refractivity contribution in [2.75, 3.05) is 25.1 Å². The summed E-state index contributed by atoms with van der Waals surface area (Å²) in [6.07, 6.45) is -4.11. The number of hydrogen-bond acceptors (Lipinski definition) is 6. The van der Waals surface area contributed by atoms with Gasteiger partial charge < -0.3 is 19.7 Å². The standard InChI is InChI=1S/C22H21ClF3N5O3/c1-29-19-17(20(33)30(21(29)34)9-2-10-32)31(12-16-8-7-15(23)11-27-16)18(28-19)13-3-5-14(6-4-13)22(24,25)26/h3-8,11,21,32,34H,2,9-10,12H2,1H3. The molecule has 12 heteroatoms. The number of aromatic nitrogens is 3. The number of alkyl halides is 3. The molecule has 2 aromatic heterocycles. The molecule has 0 saturated heterocycles. The Balaban J connectivity index is 1.85. The third-order valence-electron chi connectivity index (χ3n) is 5.51. The van der Waals surface area contributed by atoms with E-state index < -0.39 is 24.0 Å². The minimum absolute atomic E-state index is 0.0827. The van der Waals surface area contributed by atoms with Gasteiger partial charge in [-0.25, -0.2) is 4.98 Å². The number of nitrogens with zero attached hydrogens (tertiary/aromatic N) is 5. The number of anilines is 1. The molecule has 0 aliphatic carbocycles. The lowest BCUT2D eigenvalue weighted by molar-refractivity contribution is -0.137. The summed E-state index contributed by atoms with van der Waals surface area (Å²) in [6.45, 7) is 0.0114. The first-order valence-corrected chi connectivity index (χ1v) is 10.7. The van der Waals surface area contributed by atoms with E-state index in [9.17, 15) is 28.2 Å². The van der Waals surface area contributed by atoms with E-state index in [1.54, 1.807) is 23.7 Å². The van der Waals surface area contributed by atoms with Gasteiger partial charge in [0.15, 0.2) is 11.5 Å². The van der Waals surface area contributed by atoms with Crippen LogP contribution in [0.2, 0.25) is 5.02 Å². The minimum atomic E-state index is -4.49. The Morgan fingerprint density at radius 2 is 1.85 bits per heavy atom. The zero-order valence-corrected chi connectivity index (χ0v) is 18.8. The topological polar surface area (TPSA) is 94.7 Å². The molecule has 180 valence electrons. The molecule has 0 spiro atoms. The largest absolute Gasteiger partial charge is 0.416 e. The average Bonchev–Trinajstić information content (AvgIpc) is 3.18.